The molecular weight excluding hydrogens is 210 g/mol. The summed E-state index contributed by atoms with van der Waals surface area (Å²) in [5.41, 5.74) is 2.39. The minimum atomic E-state index is 0.640. The molecule has 0 aliphatic rings. The molecule has 0 saturated carbocycles. The third kappa shape index (κ3) is 4.08. The van der Waals surface area contributed by atoms with E-state index in [4.69, 9.17) is 6.42 Å². The van der Waals surface area contributed by atoms with Crippen LogP contribution in [0.2, 0.25) is 0 Å². The lowest BCUT2D eigenvalue weighted by atomic mass is 10.2. The zero-order valence-corrected chi connectivity index (χ0v) is 10.7. The Morgan fingerprint density at radius 2 is 2.29 bits per heavy atom. The van der Waals surface area contributed by atoms with Gasteiger partial charge in [-0.2, -0.15) is 0 Å². The number of rotatable bonds is 7. The van der Waals surface area contributed by atoms with Gasteiger partial charge < -0.3 is 10.2 Å². The normalized spacial score (nSPS) is 9.94. The Balaban J connectivity index is 2.79. The fourth-order valence-corrected chi connectivity index (χ4v) is 1.74. The molecule has 3 heteroatoms. The van der Waals surface area contributed by atoms with Gasteiger partial charge in [0.05, 0.1) is 6.54 Å². The lowest BCUT2D eigenvalue weighted by molar-refractivity contribution is 0.672. The third-order valence-corrected chi connectivity index (χ3v) is 2.62. The molecule has 17 heavy (non-hydrogen) atoms. The van der Waals surface area contributed by atoms with Gasteiger partial charge in [0.1, 0.15) is 0 Å². The zero-order chi connectivity index (χ0) is 12.5. The highest BCUT2D eigenvalue weighted by Crippen LogP contribution is 2.18. The summed E-state index contributed by atoms with van der Waals surface area (Å²) in [7, 11) is 0. The molecule has 1 heterocycles. The Labute approximate surface area is 104 Å². The van der Waals surface area contributed by atoms with E-state index in [0.29, 0.717) is 6.54 Å². The summed E-state index contributed by atoms with van der Waals surface area (Å²) in [4.78, 5) is 6.37. The van der Waals surface area contributed by atoms with E-state index in [1.54, 1.807) is 0 Å². The van der Waals surface area contributed by atoms with E-state index in [2.05, 4.69) is 35.0 Å². The predicted molar refractivity (Wildman–Crippen MR) is 73.0 cm³/mol. The second kappa shape index (κ2) is 7.70. The topological polar surface area (TPSA) is 28.2 Å². The number of anilines is 1. The van der Waals surface area contributed by atoms with Crippen LogP contribution < -0.4 is 10.2 Å². The van der Waals surface area contributed by atoms with Gasteiger partial charge in [-0.1, -0.05) is 12.8 Å². The van der Waals surface area contributed by atoms with Crippen molar-refractivity contribution in [2.75, 3.05) is 24.5 Å². The number of pyridine rings is 1. The average Bonchev–Trinajstić information content (AvgIpc) is 2.37. The van der Waals surface area contributed by atoms with Crippen molar-refractivity contribution in [1.82, 2.24) is 10.3 Å². The summed E-state index contributed by atoms with van der Waals surface area (Å²) in [5, 5.41) is 3.39. The van der Waals surface area contributed by atoms with E-state index in [0.717, 1.165) is 26.1 Å². The van der Waals surface area contributed by atoms with E-state index >= 15 is 0 Å². The van der Waals surface area contributed by atoms with Crippen LogP contribution in [0.4, 0.5) is 5.69 Å². The maximum atomic E-state index is 5.39. The number of terminal acetylenes is 1. The second-order valence-electron chi connectivity index (χ2n) is 3.90. The fraction of sp³-hybridized carbons (Fsp3) is 0.500. The van der Waals surface area contributed by atoms with Gasteiger partial charge in [0.2, 0.25) is 0 Å². The molecule has 3 nitrogen and oxygen atoms in total. The monoisotopic (exact) mass is 231 g/mol. The highest BCUT2D eigenvalue weighted by Gasteiger charge is 2.08. The maximum Gasteiger partial charge on any atom is 0.0791 e. The van der Waals surface area contributed by atoms with Crippen LogP contribution in [0.25, 0.3) is 0 Å². The summed E-state index contributed by atoms with van der Waals surface area (Å²) in [6.45, 7) is 7.69. The second-order valence-corrected chi connectivity index (χ2v) is 3.90. The summed E-state index contributed by atoms with van der Waals surface area (Å²) in [5.74, 6) is 2.70. The van der Waals surface area contributed by atoms with Gasteiger partial charge in [-0.25, -0.2) is 0 Å². The molecule has 1 rings (SSSR count). The molecule has 0 spiro atoms. The van der Waals surface area contributed by atoms with Gasteiger partial charge >= 0.3 is 0 Å². The number of nitrogens with one attached hydrogen (secondary N) is 1. The lowest BCUT2D eigenvalue weighted by Gasteiger charge is -2.23. The Hall–Kier alpha value is -1.53. The van der Waals surface area contributed by atoms with E-state index < -0.39 is 0 Å². The van der Waals surface area contributed by atoms with Crippen molar-refractivity contribution >= 4 is 5.69 Å². The molecule has 0 unspecified atom stereocenters. The first-order valence-electron chi connectivity index (χ1n) is 6.15. The number of aromatic nitrogens is 1. The third-order valence-electron chi connectivity index (χ3n) is 2.62. The smallest absolute Gasteiger partial charge is 0.0791 e. The van der Waals surface area contributed by atoms with E-state index in [9.17, 15) is 0 Å². The first kappa shape index (κ1) is 13.5. The number of nitrogens with zero attached hydrogens (tertiary/aromatic N) is 2. The van der Waals surface area contributed by atoms with Crippen LogP contribution in [-0.4, -0.2) is 24.6 Å². The van der Waals surface area contributed by atoms with Gasteiger partial charge in [0.25, 0.3) is 0 Å². The molecule has 0 fully saturated rings. The Morgan fingerprint density at radius 1 is 1.47 bits per heavy atom. The first-order chi connectivity index (χ1) is 8.33. The number of hydrogen-bond acceptors (Lipinski definition) is 3. The van der Waals surface area contributed by atoms with E-state index in [-0.39, 0.29) is 0 Å². The molecule has 0 saturated heterocycles. The Morgan fingerprint density at radius 3 is 2.94 bits per heavy atom. The highest BCUT2D eigenvalue weighted by molar-refractivity contribution is 5.53. The standard InChI is InChI=1S/C14H21N3/c1-4-8-15-11-13-12-16-9-7-14(13)17(6-3)10-5-2/h2,7,9,12,15H,4,6,8,10-11H2,1,3H3. The highest BCUT2D eigenvalue weighted by atomic mass is 15.1. The van der Waals surface area contributed by atoms with Crippen molar-refractivity contribution in [2.45, 2.75) is 26.8 Å². The Bertz CT molecular complexity index is 368. The van der Waals surface area contributed by atoms with Gasteiger partial charge in [0.15, 0.2) is 0 Å². The summed E-state index contributed by atoms with van der Waals surface area (Å²) < 4.78 is 0. The molecule has 0 atom stereocenters. The van der Waals surface area contributed by atoms with Crippen LogP contribution in [0.5, 0.6) is 0 Å². The molecule has 0 aromatic carbocycles. The maximum absolute atomic E-state index is 5.39. The van der Waals surface area contributed by atoms with Crippen molar-refractivity contribution < 1.29 is 0 Å². The van der Waals surface area contributed by atoms with Gasteiger partial charge in [-0.15, -0.1) is 6.42 Å². The molecule has 92 valence electrons. The SMILES string of the molecule is C#CCN(CC)c1ccncc1CNCCC. The van der Waals surface area contributed by atoms with Crippen molar-refractivity contribution in [2.24, 2.45) is 0 Å². The summed E-state index contributed by atoms with van der Waals surface area (Å²) in [6, 6.07) is 2.03. The van der Waals surface area contributed by atoms with Gasteiger partial charge in [0, 0.05) is 36.7 Å². The summed E-state index contributed by atoms with van der Waals surface area (Å²) >= 11 is 0. The van der Waals surface area contributed by atoms with E-state index in [1.165, 1.54) is 11.3 Å². The largest absolute Gasteiger partial charge is 0.360 e. The van der Waals surface area contributed by atoms with Crippen molar-refractivity contribution in [1.29, 1.82) is 0 Å². The van der Waals surface area contributed by atoms with Crippen LogP contribution in [0.3, 0.4) is 0 Å². The fourth-order valence-electron chi connectivity index (χ4n) is 1.74. The molecule has 1 aromatic rings. The minimum Gasteiger partial charge on any atom is -0.360 e. The van der Waals surface area contributed by atoms with E-state index in [1.807, 2.05) is 18.5 Å². The van der Waals surface area contributed by atoms with Crippen molar-refractivity contribution in [3.8, 4) is 12.3 Å². The molecule has 1 aromatic heterocycles. The molecular formula is C14H21N3. The minimum absolute atomic E-state index is 0.640. The van der Waals surface area contributed by atoms with Gasteiger partial charge in [-0.05, 0) is 26.0 Å². The molecule has 0 aliphatic heterocycles. The van der Waals surface area contributed by atoms with Crippen LogP contribution in [0.1, 0.15) is 25.8 Å². The average molecular weight is 231 g/mol. The molecule has 0 radical (unpaired) electrons. The van der Waals surface area contributed by atoms with Crippen LogP contribution in [-0.2, 0) is 6.54 Å². The predicted octanol–water partition coefficient (Wildman–Crippen LogP) is 2.04. The molecule has 0 bridgehead atoms. The van der Waals surface area contributed by atoms with Crippen LogP contribution in [0, 0.1) is 12.3 Å². The van der Waals surface area contributed by atoms with Crippen molar-refractivity contribution in [3.63, 3.8) is 0 Å². The van der Waals surface area contributed by atoms with Crippen molar-refractivity contribution in [3.05, 3.63) is 24.0 Å². The molecule has 1 N–H and O–H groups in total. The molecule has 0 amide bonds. The lowest BCUT2D eigenvalue weighted by Crippen LogP contribution is -2.25. The first-order valence-corrected chi connectivity index (χ1v) is 6.15. The van der Waals surface area contributed by atoms with Crippen LogP contribution >= 0.6 is 0 Å². The van der Waals surface area contributed by atoms with Gasteiger partial charge in [-0.3, -0.25) is 4.98 Å². The number of hydrogen-bond donors (Lipinski definition) is 1. The molecule has 0 aliphatic carbocycles. The Kier molecular flexibility index (Phi) is 6.13. The quantitative estimate of drug-likeness (QED) is 0.575. The van der Waals surface area contributed by atoms with Crippen LogP contribution in [0.15, 0.2) is 18.5 Å². The zero-order valence-electron chi connectivity index (χ0n) is 10.7. The summed E-state index contributed by atoms with van der Waals surface area (Å²) in [6.07, 6.45) is 10.3.